The number of amides is 1. The van der Waals surface area contributed by atoms with E-state index in [9.17, 15) is 4.79 Å². The molecule has 1 aliphatic heterocycles. The molecule has 21 heavy (non-hydrogen) atoms. The predicted molar refractivity (Wildman–Crippen MR) is 82.1 cm³/mol. The summed E-state index contributed by atoms with van der Waals surface area (Å²) in [5.74, 6) is 0.0646. The number of carbonyl (C=O) groups excluding carboxylic acids is 1. The van der Waals surface area contributed by atoms with Crippen molar-refractivity contribution < 1.29 is 9.90 Å². The number of hydrogen-bond donors (Lipinski definition) is 1. The van der Waals surface area contributed by atoms with Crippen LogP contribution in [0.4, 0.5) is 0 Å². The SMILES string of the molecule is O=C(c1cccc(CN2CCCC2)c1)N(CCO)C1CC1. The van der Waals surface area contributed by atoms with Gasteiger partial charge in [-0.1, -0.05) is 12.1 Å². The monoisotopic (exact) mass is 288 g/mol. The lowest BCUT2D eigenvalue weighted by molar-refractivity contribution is 0.0707. The van der Waals surface area contributed by atoms with E-state index in [2.05, 4.69) is 11.0 Å². The summed E-state index contributed by atoms with van der Waals surface area (Å²) in [4.78, 5) is 16.9. The van der Waals surface area contributed by atoms with E-state index in [4.69, 9.17) is 5.11 Å². The molecule has 1 aromatic rings. The van der Waals surface area contributed by atoms with Crippen molar-refractivity contribution >= 4 is 5.91 Å². The van der Waals surface area contributed by atoms with Gasteiger partial charge in [-0.2, -0.15) is 0 Å². The van der Waals surface area contributed by atoms with Gasteiger partial charge in [0.2, 0.25) is 0 Å². The molecule has 1 saturated heterocycles. The molecule has 0 atom stereocenters. The number of aliphatic hydroxyl groups is 1. The molecule has 1 aromatic carbocycles. The Morgan fingerprint density at radius 1 is 1.29 bits per heavy atom. The summed E-state index contributed by atoms with van der Waals surface area (Å²) in [6.45, 7) is 3.74. The molecular weight excluding hydrogens is 264 g/mol. The van der Waals surface area contributed by atoms with Crippen LogP contribution in [0, 0.1) is 0 Å². The fourth-order valence-electron chi connectivity index (χ4n) is 3.11. The zero-order valence-electron chi connectivity index (χ0n) is 12.5. The maximum Gasteiger partial charge on any atom is 0.254 e. The second-order valence-corrected chi connectivity index (χ2v) is 6.14. The van der Waals surface area contributed by atoms with Crippen LogP contribution < -0.4 is 0 Å². The molecule has 0 unspecified atom stereocenters. The van der Waals surface area contributed by atoms with Crippen LogP contribution in [-0.2, 0) is 6.54 Å². The summed E-state index contributed by atoms with van der Waals surface area (Å²) in [7, 11) is 0. The molecule has 0 radical (unpaired) electrons. The smallest absolute Gasteiger partial charge is 0.254 e. The molecule has 1 aliphatic carbocycles. The van der Waals surface area contributed by atoms with E-state index in [1.54, 1.807) is 0 Å². The molecule has 4 heteroatoms. The zero-order valence-corrected chi connectivity index (χ0v) is 12.5. The van der Waals surface area contributed by atoms with Crippen LogP contribution in [0.2, 0.25) is 0 Å². The summed E-state index contributed by atoms with van der Waals surface area (Å²) >= 11 is 0. The first kappa shape index (κ1) is 14.5. The van der Waals surface area contributed by atoms with Gasteiger partial charge in [-0.25, -0.2) is 0 Å². The number of carbonyl (C=O) groups is 1. The first-order valence-corrected chi connectivity index (χ1v) is 8.01. The van der Waals surface area contributed by atoms with Crippen LogP contribution >= 0.6 is 0 Å². The average molecular weight is 288 g/mol. The van der Waals surface area contributed by atoms with Gasteiger partial charge in [0.1, 0.15) is 0 Å². The average Bonchev–Trinajstić information content (AvgIpc) is 3.22. The standard InChI is InChI=1S/C17H24N2O2/c20-11-10-19(16-6-7-16)17(21)15-5-3-4-14(12-15)13-18-8-1-2-9-18/h3-5,12,16,20H,1-2,6-11,13H2. The van der Waals surface area contributed by atoms with Gasteiger partial charge in [-0.05, 0) is 56.5 Å². The number of benzene rings is 1. The Labute approximate surface area is 126 Å². The number of likely N-dealkylation sites (tertiary alicyclic amines) is 1. The lowest BCUT2D eigenvalue weighted by atomic mass is 10.1. The van der Waals surface area contributed by atoms with Crippen molar-refractivity contribution in [1.29, 1.82) is 0 Å². The predicted octanol–water partition coefficient (Wildman–Crippen LogP) is 1.88. The summed E-state index contributed by atoms with van der Waals surface area (Å²) in [6.07, 6.45) is 4.70. The minimum absolute atomic E-state index is 0.0374. The van der Waals surface area contributed by atoms with E-state index in [1.807, 2.05) is 23.1 Å². The normalized spacial score (nSPS) is 18.9. The van der Waals surface area contributed by atoms with Crippen molar-refractivity contribution in [1.82, 2.24) is 9.80 Å². The van der Waals surface area contributed by atoms with Gasteiger partial charge in [0, 0.05) is 24.7 Å². The van der Waals surface area contributed by atoms with E-state index in [-0.39, 0.29) is 12.5 Å². The molecule has 4 nitrogen and oxygen atoms in total. The zero-order chi connectivity index (χ0) is 14.7. The van der Waals surface area contributed by atoms with Gasteiger partial charge in [-0.15, -0.1) is 0 Å². The largest absolute Gasteiger partial charge is 0.395 e. The van der Waals surface area contributed by atoms with Crippen molar-refractivity contribution in [3.05, 3.63) is 35.4 Å². The Hall–Kier alpha value is -1.39. The minimum atomic E-state index is 0.0374. The number of rotatable bonds is 6. The van der Waals surface area contributed by atoms with E-state index in [0.717, 1.165) is 38.0 Å². The van der Waals surface area contributed by atoms with Gasteiger partial charge in [0.15, 0.2) is 0 Å². The van der Waals surface area contributed by atoms with Gasteiger partial charge in [-0.3, -0.25) is 9.69 Å². The highest BCUT2D eigenvalue weighted by Gasteiger charge is 2.32. The van der Waals surface area contributed by atoms with Gasteiger partial charge < -0.3 is 10.0 Å². The fraction of sp³-hybridized carbons (Fsp3) is 0.588. The Kier molecular flexibility index (Phi) is 4.56. The van der Waals surface area contributed by atoms with Crippen LogP contribution in [0.1, 0.15) is 41.6 Å². The van der Waals surface area contributed by atoms with Gasteiger partial charge in [0.05, 0.1) is 6.61 Å². The molecule has 1 N–H and O–H groups in total. The highest BCUT2D eigenvalue weighted by molar-refractivity contribution is 5.94. The van der Waals surface area contributed by atoms with E-state index in [0.29, 0.717) is 12.6 Å². The second-order valence-electron chi connectivity index (χ2n) is 6.14. The molecule has 0 spiro atoms. The lowest BCUT2D eigenvalue weighted by Crippen LogP contribution is -2.35. The van der Waals surface area contributed by atoms with Crippen LogP contribution in [0.5, 0.6) is 0 Å². The highest BCUT2D eigenvalue weighted by atomic mass is 16.3. The fourth-order valence-corrected chi connectivity index (χ4v) is 3.11. The third-order valence-electron chi connectivity index (χ3n) is 4.37. The summed E-state index contributed by atoms with van der Waals surface area (Å²) in [5, 5.41) is 9.15. The second kappa shape index (κ2) is 6.58. The maximum atomic E-state index is 12.6. The summed E-state index contributed by atoms with van der Waals surface area (Å²) in [6, 6.07) is 8.33. The lowest BCUT2D eigenvalue weighted by Gasteiger charge is -2.22. The Bertz CT molecular complexity index is 493. The number of nitrogens with zero attached hydrogens (tertiary/aromatic N) is 2. The molecule has 1 amide bonds. The molecule has 2 fully saturated rings. The summed E-state index contributed by atoms with van der Waals surface area (Å²) < 4.78 is 0. The van der Waals surface area contributed by atoms with Crippen LogP contribution in [0.15, 0.2) is 24.3 Å². The number of aliphatic hydroxyl groups excluding tert-OH is 1. The first-order valence-electron chi connectivity index (χ1n) is 8.01. The Morgan fingerprint density at radius 2 is 2.05 bits per heavy atom. The minimum Gasteiger partial charge on any atom is -0.395 e. The van der Waals surface area contributed by atoms with E-state index in [1.165, 1.54) is 18.4 Å². The molecular formula is C17H24N2O2. The molecule has 2 aliphatic rings. The molecule has 114 valence electrons. The quantitative estimate of drug-likeness (QED) is 0.869. The molecule has 0 bridgehead atoms. The summed E-state index contributed by atoms with van der Waals surface area (Å²) in [5.41, 5.74) is 1.97. The van der Waals surface area contributed by atoms with Gasteiger partial charge >= 0.3 is 0 Å². The molecule has 0 aromatic heterocycles. The highest BCUT2D eigenvalue weighted by Crippen LogP contribution is 2.28. The third kappa shape index (κ3) is 3.63. The molecule has 1 heterocycles. The van der Waals surface area contributed by atoms with E-state index >= 15 is 0 Å². The Balaban J connectivity index is 1.70. The van der Waals surface area contributed by atoms with Crippen molar-refractivity contribution in [2.45, 2.75) is 38.3 Å². The van der Waals surface area contributed by atoms with Gasteiger partial charge in [0.25, 0.3) is 5.91 Å². The van der Waals surface area contributed by atoms with Crippen LogP contribution in [-0.4, -0.2) is 53.1 Å². The molecule has 3 rings (SSSR count). The van der Waals surface area contributed by atoms with Crippen molar-refractivity contribution in [3.63, 3.8) is 0 Å². The topological polar surface area (TPSA) is 43.8 Å². The van der Waals surface area contributed by atoms with E-state index < -0.39 is 0 Å². The first-order chi connectivity index (χ1) is 10.3. The van der Waals surface area contributed by atoms with Crippen molar-refractivity contribution in [3.8, 4) is 0 Å². The maximum absolute atomic E-state index is 12.6. The van der Waals surface area contributed by atoms with Crippen molar-refractivity contribution in [2.75, 3.05) is 26.2 Å². The Morgan fingerprint density at radius 3 is 2.71 bits per heavy atom. The third-order valence-corrected chi connectivity index (χ3v) is 4.37. The van der Waals surface area contributed by atoms with Crippen molar-refractivity contribution in [2.24, 2.45) is 0 Å². The molecule has 1 saturated carbocycles. The number of hydrogen-bond acceptors (Lipinski definition) is 3. The van der Waals surface area contributed by atoms with Crippen LogP contribution in [0.3, 0.4) is 0 Å². The van der Waals surface area contributed by atoms with Crippen LogP contribution in [0.25, 0.3) is 0 Å².